The summed E-state index contributed by atoms with van der Waals surface area (Å²) in [5.74, 6) is -0.320. The van der Waals surface area contributed by atoms with E-state index in [1.54, 1.807) is 24.3 Å². The van der Waals surface area contributed by atoms with Crippen LogP contribution in [0.2, 0.25) is 5.02 Å². The van der Waals surface area contributed by atoms with Gasteiger partial charge in [0.15, 0.2) is 5.96 Å². The standard InChI is InChI=1S/C20H19ClF2N4O3.HI/c1-24-20(26-11-12-10-13(21)6-7-16(12)30-19(22)23)25-8-9-27-17(28)14-4-2-3-5-15(14)18(27)29;/h2-7,10,19H,8-9,11H2,1H3,(H2,24,25,26);1H. The zero-order chi connectivity index (χ0) is 21.7. The molecule has 0 saturated carbocycles. The van der Waals surface area contributed by atoms with E-state index in [1.165, 1.54) is 25.2 Å². The molecule has 0 unspecified atom stereocenters. The van der Waals surface area contributed by atoms with Crippen LogP contribution < -0.4 is 15.4 Å². The fourth-order valence-corrected chi connectivity index (χ4v) is 3.22. The highest BCUT2D eigenvalue weighted by Crippen LogP contribution is 2.24. The molecule has 11 heteroatoms. The zero-order valence-electron chi connectivity index (χ0n) is 16.4. The molecule has 1 aliphatic heterocycles. The maximum atomic E-state index is 12.6. The van der Waals surface area contributed by atoms with Gasteiger partial charge in [-0.15, -0.1) is 24.0 Å². The molecule has 0 fully saturated rings. The lowest BCUT2D eigenvalue weighted by Gasteiger charge is -2.17. The average Bonchev–Trinajstić information content (AvgIpc) is 2.97. The molecule has 1 heterocycles. The normalized spacial score (nSPS) is 13.2. The molecule has 3 rings (SSSR count). The van der Waals surface area contributed by atoms with E-state index >= 15 is 0 Å². The summed E-state index contributed by atoms with van der Waals surface area (Å²) in [7, 11) is 1.53. The number of guanidine groups is 1. The van der Waals surface area contributed by atoms with E-state index in [0.717, 1.165) is 4.90 Å². The van der Waals surface area contributed by atoms with Gasteiger partial charge >= 0.3 is 6.61 Å². The molecule has 2 N–H and O–H groups in total. The van der Waals surface area contributed by atoms with Crippen molar-refractivity contribution >= 4 is 53.4 Å². The number of halogens is 4. The van der Waals surface area contributed by atoms with Crippen LogP contribution in [0.1, 0.15) is 26.3 Å². The number of rotatable bonds is 7. The third-order valence-corrected chi connectivity index (χ3v) is 4.65. The number of aliphatic imine (C=N–C) groups is 1. The zero-order valence-corrected chi connectivity index (χ0v) is 19.5. The summed E-state index contributed by atoms with van der Waals surface area (Å²) < 4.78 is 29.6. The first-order valence-electron chi connectivity index (χ1n) is 9.03. The van der Waals surface area contributed by atoms with Crippen LogP contribution in [0, 0.1) is 0 Å². The van der Waals surface area contributed by atoms with Crippen molar-refractivity contribution in [2.75, 3.05) is 20.1 Å². The first kappa shape index (κ1) is 24.8. The van der Waals surface area contributed by atoms with Gasteiger partial charge in [-0.25, -0.2) is 0 Å². The van der Waals surface area contributed by atoms with Gasteiger partial charge in [0.2, 0.25) is 0 Å². The number of hydrogen-bond donors (Lipinski definition) is 2. The Morgan fingerprint density at radius 2 is 1.77 bits per heavy atom. The Bertz CT molecular complexity index is 956. The highest BCUT2D eigenvalue weighted by molar-refractivity contribution is 14.0. The van der Waals surface area contributed by atoms with Gasteiger partial charge in [-0.05, 0) is 30.3 Å². The van der Waals surface area contributed by atoms with Crippen LogP contribution in [0.15, 0.2) is 47.5 Å². The van der Waals surface area contributed by atoms with Gasteiger partial charge in [0.25, 0.3) is 11.8 Å². The number of fused-ring (bicyclic) bond motifs is 1. The second kappa shape index (κ2) is 11.2. The Hall–Kier alpha value is -2.47. The summed E-state index contributed by atoms with van der Waals surface area (Å²) >= 11 is 5.94. The second-order valence-electron chi connectivity index (χ2n) is 6.29. The molecule has 0 saturated heterocycles. The Balaban J connectivity index is 0.00000341. The van der Waals surface area contributed by atoms with Gasteiger partial charge in [0, 0.05) is 37.3 Å². The van der Waals surface area contributed by atoms with Crippen molar-refractivity contribution in [1.82, 2.24) is 15.5 Å². The molecule has 166 valence electrons. The molecule has 0 aromatic heterocycles. The van der Waals surface area contributed by atoms with Crippen molar-refractivity contribution in [3.8, 4) is 5.75 Å². The number of hydrogen-bond acceptors (Lipinski definition) is 4. The van der Waals surface area contributed by atoms with Crippen molar-refractivity contribution in [3.05, 3.63) is 64.2 Å². The highest BCUT2D eigenvalue weighted by atomic mass is 127. The predicted molar refractivity (Wildman–Crippen MR) is 124 cm³/mol. The van der Waals surface area contributed by atoms with Gasteiger partial charge in [-0.2, -0.15) is 8.78 Å². The van der Waals surface area contributed by atoms with Crippen molar-refractivity contribution in [1.29, 1.82) is 0 Å². The molecule has 31 heavy (non-hydrogen) atoms. The minimum Gasteiger partial charge on any atom is -0.434 e. The maximum absolute atomic E-state index is 12.6. The van der Waals surface area contributed by atoms with Crippen molar-refractivity contribution < 1.29 is 23.1 Å². The number of nitrogens with zero attached hydrogens (tertiary/aromatic N) is 2. The molecular formula is C20H20ClF2IN4O3. The number of imide groups is 1. The van der Waals surface area contributed by atoms with Crippen LogP contribution >= 0.6 is 35.6 Å². The molecular weight excluding hydrogens is 545 g/mol. The highest BCUT2D eigenvalue weighted by Gasteiger charge is 2.34. The smallest absolute Gasteiger partial charge is 0.387 e. The van der Waals surface area contributed by atoms with Crippen LogP contribution in [-0.4, -0.2) is 49.4 Å². The number of benzene rings is 2. The fourth-order valence-electron chi connectivity index (χ4n) is 3.03. The van der Waals surface area contributed by atoms with E-state index < -0.39 is 6.61 Å². The van der Waals surface area contributed by atoms with E-state index in [1.807, 2.05) is 0 Å². The van der Waals surface area contributed by atoms with Gasteiger partial charge in [-0.3, -0.25) is 19.5 Å². The Morgan fingerprint density at radius 3 is 2.35 bits per heavy atom. The molecule has 0 atom stereocenters. The largest absolute Gasteiger partial charge is 0.434 e. The van der Waals surface area contributed by atoms with E-state index in [2.05, 4.69) is 20.4 Å². The molecule has 0 aliphatic carbocycles. The predicted octanol–water partition coefficient (Wildman–Crippen LogP) is 3.52. The van der Waals surface area contributed by atoms with Gasteiger partial charge in [0.05, 0.1) is 11.1 Å². The molecule has 2 amide bonds. The molecule has 2 aromatic rings. The second-order valence-corrected chi connectivity index (χ2v) is 6.73. The van der Waals surface area contributed by atoms with Gasteiger partial charge in [0.1, 0.15) is 5.75 Å². The van der Waals surface area contributed by atoms with E-state index in [4.69, 9.17) is 11.6 Å². The number of carbonyl (C=O) groups excluding carboxylic acids is 2. The maximum Gasteiger partial charge on any atom is 0.387 e. The fraction of sp³-hybridized carbons (Fsp3) is 0.250. The van der Waals surface area contributed by atoms with Gasteiger partial charge < -0.3 is 15.4 Å². The lowest BCUT2D eigenvalue weighted by atomic mass is 10.1. The van der Waals surface area contributed by atoms with Crippen molar-refractivity contribution in [2.45, 2.75) is 13.2 Å². The molecule has 2 aromatic carbocycles. The third-order valence-electron chi connectivity index (χ3n) is 4.41. The first-order valence-corrected chi connectivity index (χ1v) is 9.41. The number of alkyl halides is 2. The first-order chi connectivity index (χ1) is 14.4. The summed E-state index contributed by atoms with van der Waals surface area (Å²) in [5.41, 5.74) is 1.20. The van der Waals surface area contributed by atoms with E-state index in [0.29, 0.717) is 27.7 Å². The number of nitrogens with one attached hydrogen (secondary N) is 2. The minimum absolute atomic E-state index is 0. The van der Waals surface area contributed by atoms with Crippen LogP contribution in [0.4, 0.5) is 8.78 Å². The number of carbonyl (C=O) groups is 2. The minimum atomic E-state index is -2.96. The number of ether oxygens (including phenoxy) is 1. The lowest BCUT2D eigenvalue weighted by molar-refractivity contribution is -0.0504. The molecule has 0 radical (unpaired) electrons. The average molecular weight is 565 g/mol. The summed E-state index contributed by atoms with van der Waals surface area (Å²) in [6, 6.07) is 11.0. The van der Waals surface area contributed by atoms with Crippen LogP contribution in [0.5, 0.6) is 5.75 Å². The van der Waals surface area contributed by atoms with Gasteiger partial charge in [-0.1, -0.05) is 23.7 Å². The van der Waals surface area contributed by atoms with Crippen LogP contribution in [-0.2, 0) is 6.54 Å². The molecule has 0 spiro atoms. The summed E-state index contributed by atoms with van der Waals surface area (Å²) in [6.07, 6.45) is 0. The summed E-state index contributed by atoms with van der Waals surface area (Å²) in [5, 5.41) is 6.32. The number of amides is 2. The van der Waals surface area contributed by atoms with Crippen molar-refractivity contribution in [3.63, 3.8) is 0 Å². The topological polar surface area (TPSA) is 83.0 Å². The van der Waals surface area contributed by atoms with Crippen LogP contribution in [0.3, 0.4) is 0 Å². The molecule has 7 nitrogen and oxygen atoms in total. The van der Waals surface area contributed by atoms with Crippen molar-refractivity contribution in [2.24, 2.45) is 4.99 Å². The molecule has 1 aliphatic rings. The SMILES string of the molecule is CN=C(NCCN1C(=O)c2ccccc2C1=O)NCc1cc(Cl)ccc1OC(F)F.I. The Labute approximate surface area is 199 Å². The molecule has 0 bridgehead atoms. The van der Waals surface area contributed by atoms with E-state index in [9.17, 15) is 18.4 Å². The Kier molecular flexibility index (Phi) is 8.99. The quantitative estimate of drug-likeness (QED) is 0.233. The third kappa shape index (κ3) is 6.03. The van der Waals surface area contributed by atoms with Crippen LogP contribution in [0.25, 0.3) is 0 Å². The summed E-state index contributed by atoms with van der Waals surface area (Å²) in [6.45, 7) is -2.44. The van der Waals surface area contributed by atoms with E-state index in [-0.39, 0.29) is 61.2 Å². The summed E-state index contributed by atoms with van der Waals surface area (Å²) in [4.78, 5) is 29.9. The Morgan fingerprint density at radius 1 is 1.13 bits per heavy atom. The monoisotopic (exact) mass is 564 g/mol. The lowest BCUT2D eigenvalue weighted by Crippen LogP contribution is -2.42.